The number of rotatable bonds is 0. The molecule has 1 unspecified atom stereocenters. The molecule has 2 fully saturated rings. The highest BCUT2D eigenvalue weighted by molar-refractivity contribution is 5.83. The third kappa shape index (κ3) is 3.02. The highest BCUT2D eigenvalue weighted by Crippen LogP contribution is 2.33. The molecule has 0 bridgehead atoms. The lowest BCUT2D eigenvalue weighted by molar-refractivity contribution is -0.117. The van der Waals surface area contributed by atoms with Crippen molar-refractivity contribution in [1.29, 1.82) is 0 Å². The number of piperidine rings is 1. The molecule has 0 aliphatic carbocycles. The first-order valence-electron chi connectivity index (χ1n) is 6.43. The van der Waals surface area contributed by atoms with Gasteiger partial charge in [-0.2, -0.15) is 0 Å². The first-order valence-corrected chi connectivity index (χ1v) is 6.43. The molecule has 1 spiro atoms. The molecule has 2 saturated heterocycles. The SMILES string of the molecule is CC(C)(C)OC(=O)N1CCCC2(CC(=O)CO2)C1. The summed E-state index contributed by atoms with van der Waals surface area (Å²) in [7, 11) is 0. The second-order valence-corrected chi connectivity index (χ2v) is 6.19. The van der Waals surface area contributed by atoms with Gasteiger partial charge in [-0.15, -0.1) is 0 Å². The number of amides is 1. The van der Waals surface area contributed by atoms with Crippen LogP contribution in [-0.2, 0) is 14.3 Å². The third-order valence-corrected chi connectivity index (χ3v) is 3.25. The highest BCUT2D eigenvalue weighted by Gasteiger charge is 2.44. The molecule has 0 radical (unpaired) electrons. The van der Waals surface area contributed by atoms with Crippen molar-refractivity contribution in [1.82, 2.24) is 4.90 Å². The Hall–Kier alpha value is -1.10. The van der Waals surface area contributed by atoms with Crippen molar-refractivity contribution in [2.45, 2.75) is 51.2 Å². The van der Waals surface area contributed by atoms with Crippen molar-refractivity contribution in [2.24, 2.45) is 0 Å². The molecule has 0 aromatic heterocycles. The summed E-state index contributed by atoms with van der Waals surface area (Å²) in [6, 6.07) is 0. The van der Waals surface area contributed by atoms with Crippen LogP contribution in [0.1, 0.15) is 40.0 Å². The summed E-state index contributed by atoms with van der Waals surface area (Å²) in [6.07, 6.45) is 1.81. The molecule has 0 aromatic carbocycles. The van der Waals surface area contributed by atoms with Gasteiger partial charge in [-0.25, -0.2) is 4.79 Å². The summed E-state index contributed by atoms with van der Waals surface area (Å²) < 4.78 is 11.0. The number of ether oxygens (including phenoxy) is 2. The molecule has 2 heterocycles. The van der Waals surface area contributed by atoms with E-state index in [4.69, 9.17) is 9.47 Å². The topological polar surface area (TPSA) is 55.8 Å². The Labute approximate surface area is 107 Å². The van der Waals surface area contributed by atoms with Gasteiger partial charge in [0.2, 0.25) is 0 Å². The molecule has 0 aromatic rings. The lowest BCUT2D eigenvalue weighted by atomic mass is 9.90. The second-order valence-electron chi connectivity index (χ2n) is 6.19. The molecule has 0 saturated carbocycles. The molecule has 18 heavy (non-hydrogen) atoms. The Morgan fingerprint density at radius 2 is 2.17 bits per heavy atom. The maximum Gasteiger partial charge on any atom is 0.410 e. The Kier molecular flexibility index (Phi) is 3.36. The van der Waals surface area contributed by atoms with Crippen LogP contribution in [0, 0.1) is 0 Å². The fraction of sp³-hybridized carbons (Fsp3) is 0.846. The first-order chi connectivity index (χ1) is 8.30. The Morgan fingerprint density at radius 3 is 2.72 bits per heavy atom. The first kappa shape index (κ1) is 13.3. The number of ketones is 1. The molecule has 2 aliphatic heterocycles. The van der Waals surface area contributed by atoms with E-state index in [-0.39, 0.29) is 18.5 Å². The number of carbonyl (C=O) groups is 2. The lowest BCUT2D eigenvalue weighted by Gasteiger charge is -2.39. The summed E-state index contributed by atoms with van der Waals surface area (Å²) in [6.45, 7) is 6.87. The fourth-order valence-corrected chi connectivity index (χ4v) is 2.54. The van der Waals surface area contributed by atoms with Crippen LogP contribution in [-0.4, -0.2) is 47.7 Å². The summed E-state index contributed by atoms with van der Waals surface area (Å²) in [4.78, 5) is 25.0. The molecule has 1 amide bonds. The van der Waals surface area contributed by atoms with Gasteiger partial charge >= 0.3 is 6.09 Å². The van der Waals surface area contributed by atoms with E-state index in [0.717, 1.165) is 12.8 Å². The number of Topliss-reactive ketones (excluding diaryl/α,β-unsaturated/α-hetero) is 1. The van der Waals surface area contributed by atoms with Crippen molar-refractivity contribution < 1.29 is 19.1 Å². The summed E-state index contributed by atoms with van der Waals surface area (Å²) in [5.74, 6) is 0.126. The average molecular weight is 255 g/mol. The van der Waals surface area contributed by atoms with Gasteiger partial charge in [-0.05, 0) is 33.6 Å². The number of hydrogen-bond acceptors (Lipinski definition) is 4. The maximum atomic E-state index is 12.0. The van der Waals surface area contributed by atoms with Crippen LogP contribution in [0.3, 0.4) is 0 Å². The highest BCUT2D eigenvalue weighted by atomic mass is 16.6. The van der Waals surface area contributed by atoms with E-state index in [1.165, 1.54) is 0 Å². The molecule has 2 aliphatic rings. The lowest BCUT2D eigenvalue weighted by Crippen LogP contribution is -2.51. The Morgan fingerprint density at radius 1 is 1.44 bits per heavy atom. The zero-order valence-electron chi connectivity index (χ0n) is 11.3. The number of nitrogens with zero attached hydrogens (tertiary/aromatic N) is 1. The van der Waals surface area contributed by atoms with E-state index in [0.29, 0.717) is 19.5 Å². The van der Waals surface area contributed by atoms with Crippen LogP contribution in [0.15, 0.2) is 0 Å². The van der Waals surface area contributed by atoms with E-state index in [9.17, 15) is 9.59 Å². The van der Waals surface area contributed by atoms with Crippen molar-refractivity contribution in [3.05, 3.63) is 0 Å². The van der Waals surface area contributed by atoms with Crippen molar-refractivity contribution in [3.8, 4) is 0 Å². The molecule has 2 rings (SSSR count). The quantitative estimate of drug-likeness (QED) is 0.661. The number of hydrogen-bond donors (Lipinski definition) is 0. The van der Waals surface area contributed by atoms with Crippen LogP contribution < -0.4 is 0 Å². The monoisotopic (exact) mass is 255 g/mol. The zero-order chi connectivity index (χ0) is 13.4. The fourth-order valence-electron chi connectivity index (χ4n) is 2.54. The predicted molar refractivity (Wildman–Crippen MR) is 65.3 cm³/mol. The molecule has 5 heteroatoms. The van der Waals surface area contributed by atoms with Crippen molar-refractivity contribution >= 4 is 11.9 Å². The zero-order valence-corrected chi connectivity index (χ0v) is 11.3. The van der Waals surface area contributed by atoms with Crippen LogP contribution in [0.4, 0.5) is 4.79 Å². The van der Waals surface area contributed by atoms with Gasteiger partial charge in [0, 0.05) is 13.0 Å². The van der Waals surface area contributed by atoms with E-state index >= 15 is 0 Å². The summed E-state index contributed by atoms with van der Waals surface area (Å²) in [5, 5.41) is 0. The van der Waals surface area contributed by atoms with Gasteiger partial charge in [-0.1, -0.05) is 0 Å². The van der Waals surface area contributed by atoms with Crippen LogP contribution in [0.2, 0.25) is 0 Å². The molecular formula is C13H21NO4. The minimum absolute atomic E-state index is 0.126. The second kappa shape index (κ2) is 4.53. The molecule has 1 atom stereocenters. The Balaban J connectivity index is 1.99. The molecule has 102 valence electrons. The van der Waals surface area contributed by atoms with Crippen LogP contribution >= 0.6 is 0 Å². The van der Waals surface area contributed by atoms with Gasteiger partial charge in [-0.3, -0.25) is 4.79 Å². The standard InChI is InChI=1S/C13H21NO4/c1-12(2,3)18-11(16)14-6-4-5-13(9-14)7-10(15)8-17-13/h4-9H2,1-3H3. The normalized spacial score (nSPS) is 28.8. The molecule has 0 N–H and O–H groups in total. The number of likely N-dealkylation sites (tertiary alicyclic amines) is 1. The van der Waals surface area contributed by atoms with Gasteiger partial charge < -0.3 is 14.4 Å². The minimum atomic E-state index is -0.492. The van der Waals surface area contributed by atoms with E-state index in [2.05, 4.69) is 0 Å². The van der Waals surface area contributed by atoms with E-state index in [1.54, 1.807) is 4.90 Å². The summed E-state index contributed by atoms with van der Waals surface area (Å²) >= 11 is 0. The summed E-state index contributed by atoms with van der Waals surface area (Å²) in [5.41, 5.74) is -0.944. The van der Waals surface area contributed by atoms with Crippen molar-refractivity contribution in [2.75, 3.05) is 19.7 Å². The van der Waals surface area contributed by atoms with Crippen molar-refractivity contribution in [3.63, 3.8) is 0 Å². The van der Waals surface area contributed by atoms with Crippen LogP contribution in [0.5, 0.6) is 0 Å². The van der Waals surface area contributed by atoms with E-state index in [1.807, 2.05) is 20.8 Å². The third-order valence-electron chi connectivity index (χ3n) is 3.25. The van der Waals surface area contributed by atoms with E-state index < -0.39 is 11.2 Å². The van der Waals surface area contributed by atoms with Crippen LogP contribution in [0.25, 0.3) is 0 Å². The predicted octanol–water partition coefficient (Wildman–Crippen LogP) is 1.75. The maximum absolute atomic E-state index is 12.0. The van der Waals surface area contributed by atoms with Gasteiger partial charge in [0.1, 0.15) is 12.2 Å². The Bertz CT molecular complexity index is 360. The largest absolute Gasteiger partial charge is 0.444 e. The van der Waals surface area contributed by atoms with Gasteiger partial charge in [0.15, 0.2) is 5.78 Å². The molecule has 5 nitrogen and oxygen atoms in total. The minimum Gasteiger partial charge on any atom is -0.444 e. The van der Waals surface area contributed by atoms with Gasteiger partial charge in [0.25, 0.3) is 0 Å². The average Bonchev–Trinajstić information content (AvgIpc) is 2.57. The molecular weight excluding hydrogens is 234 g/mol. The number of carbonyl (C=O) groups excluding carboxylic acids is 2. The van der Waals surface area contributed by atoms with Gasteiger partial charge in [0.05, 0.1) is 12.1 Å². The smallest absolute Gasteiger partial charge is 0.410 e.